The van der Waals surface area contributed by atoms with Crippen LogP contribution in [0.1, 0.15) is 27.8 Å². The third-order valence-electron chi connectivity index (χ3n) is 15.6. The number of nitrogens with zero attached hydrogens (tertiary/aromatic N) is 6. The fourth-order valence-corrected chi connectivity index (χ4v) is 12.6. The van der Waals surface area contributed by atoms with Gasteiger partial charge in [0.1, 0.15) is 11.5 Å². The van der Waals surface area contributed by atoms with Gasteiger partial charge in [0.25, 0.3) is 0 Å². The molecule has 0 radical (unpaired) electrons. The SMILES string of the molecule is N#Cc1ccc2c(c1)c1cc(-c3cnc4c(c3)C3(c5ccccc5Oc5cc(-n6c7ccccc7c7ccccc76)ccc53)c3cccnc3-4)ccc1n2-c1ccc(-n2c3ccccc3c3ccccc32)cc1. The van der Waals surface area contributed by atoms with Gasteiger partial charge in [0.2, 0.25) is 0 Å². The van der Waals surface area contributed by atoms with Gasteiger partial charge in [-0.25, -0.2) is 0 Å². The Morgan fingerprint density at radius 3 is 1.52 bits per heavy atom. The number of benzene rings is 9. The number of ether oxygens (including phenoxy) is 1. The summed E-state index contributed by atoms with van der Waals surface area (Å²) in [5.74, 6) is 1.59. The minimum atomic E-state index is -0.779. The molecule has 0 N–H and O–H groups in total. The highest BCUT2D eigenvalue weighted by atomic mass is 16.5. The third-order valence-corrected chi connectivity index (χ3v) is 15.6. The molecule has 0 saturated carbocycles. The van der Waals surface area contributed by atoms with Crippen molar-refractivity contribution < 1.29 is 4.74 Å². The number of hydrogen-bond donors (Lipinski definition) is 0. The van der Waals surface area contributed by atoms with Gasteiger partial charge in [-0.1, -0.05) is 109 Å². The second kappa shape index (κ2) is 14.8. The van der Waals surface area contributed by atoms with Crippen LogP contribution in [-0.2, 0) is 5.41 Å². The molecule has 1 aliphatic carbocycles. The number of para-hydroxylation sites is 5. The van der Waals surface area contributed by atoms with Gasteiger partial charge < -0.3 is 18.4 Å². The number of hydrogen-bond acceptors (Lipinski definition) is 4. The average Bonchev–Trinajstić information content (AvgIpc) is 4.17. The highest BCUT2D eigenvalue weighted by Crippen LogP contribution is 2.62. The minimum absolute atomic E-state index is 0.614. The number of rotatable bonds is 4. The van der Waals surface area contributed by atoms with Crippen molar-refractivity contribution in [2.24, 2.45) is 0 Å². The van der Waals surface area contributed by atoms with E-state index in [-0.39, 0.29) is 0 Å². The maximum Gasteiger partial charge on any atom is 0.134 e. The molecule has 9 aromatic carbocycles. The molecule has 14 aromatic rings. The molecule has 1 unspecified atom stereocenters. The van der Waals surface area contributed by atoms with E-state index in [0.717, 1.165) is 106 Å². The van der Waals surface area contributed by atoms with Crippen molar-refractivity contribution in [1.29, 1.82) is 5.26 Å². The summed E-state index contributed by atoms with van der Waals surface area (Å²) in [5.41, 5.74) is 17.6. The molecule has 0 bridgehead atoms. The Labute approximate surface area is 418 Å². The normalized spacial score (nSPS) is 14.5. The fourth-order valence-electron chi connectivity index (χ4n) is 12.6. The van der Waals surface area contributed by atoms with E-state index < -0.39 is 5.41 Å². The summed E-state index contributed by atoms with van der Waals surface area (Å²) < 4.78 is 14.0. The van der Waals surface area contributed by atoms with E-state index in [9.17, 15) is 5.26 Å². The average molecular weight is 931 g/mol. The molecule has 7 heteroatoms. The van der Waals surface area contributed by atoms with Crippen molar-refractivity contribution in [2.45, 2.75) is 5.41 Å². The van der Waals surface area contributed by atoms with E-state index in [1.54, 1.807) is 0 Å². The summed E-state index contributed by atoms with van der Waals surface area (Å²) in [4.78, 5) is 10.4. The summed E-state index contributed by atoms with van der Waals surface area (Å²) >= 11 is 0. The molecular weight excluding hydrogens is 893 g/mol. The van der Waals surface area contributed by atoms with Gasteiger partial charge in [-0.15, -0.1) is 0 Å². The van der Waals surface area contributed by atoms with Crippen molar-refractivity contribution in [3.63, 3.8) is 0 Å². The lowest BCUT2D eigenvalue weighted by Gasteiger charge is -2.39. The quantitative estimate of drug-likeness (QED) is 0.176. The fraction of sp³-hybridized carbons (Fsp3) is 0.0152. The van der Waals surface area contributed by atoms with Gasteiger partial charge in [-0.3, -0.25) is 9.97 Å². The zero-order chi connectivity index (χ0) is 47.9. The van der Waals surface area contributed by atoms with Gasteiger partial charge in [-0.05, 0) is 114 Å². The highest BCUT2D eigenvalue weighted by Gasteiger charge is 2.52. The van der Waals surface area contributed by atoms with Crippen molar-refractivity contribution in [2.75, 3.05) is 0 Å². The summed E-state index contributed by atoms with van der Waals surface area (Å²) in [6, 6.07) is 80.0. The Hall–Kier alpha value is -10.0. The third kappa shape index (κ3) is 5.36. The Bertz CT molecular complexity index is 4630. The lowest BCUT2D eigenvalue weighted by molar-refractivity contribution is 0.436. The Balaban J connectivity index is 0.868. The standard InChI is InChI=1S/C66H38N6O/c67-38-40-23-31-60-50(34-40)51-35-41(24-32-61(51)71(60)44-27-25-43(26-28-44)70-56-18-6-1-12-46(56)47-13-2-7-19-57(47)70)42-36-55-65(69-39-42)64-54(17-11-33-68-64)66(55)52-16-5-10-22-62(52)73-63-37-45(29-30-53(63)66)72-58-20-8-3-14-48(58)49-15-4-9-21-59(49)72/h1-37,39H. The second-order valence-corrected chi connectivity index (χ2v) is 19.2. The molecule has 1 spiro atoms. The first-order chi connectivity index (χ1) is 36.2. The van der Waals surface area contributed by atoms with E-state index in [4.69, 9.17) is 14.7 Å². The maximum absolute atomic E-state index is 10.2. The number of pyridine rings is 2. The largest absolute Gasteiger partial charge is 0.457 e. The molecule has 7 nitrogen and oxygen atoms in total. The van der Waals surface area contributed by atoms with Crippen LogP contribution in [0.5, 0.6) is 11.5 Å². The van der Waals surface area contributed by atoms with Crippen LogP contribution in [0.2, 0.25) is 0 Å². The Morgan fingerprint density at radius 1 is 0.370 bits per heavy atom. The smallest absolute Gasteiger partial charge is 0.134 e. The Kier molecular flexibility index (Phi) is 8.04. The zero-order valence-corrected chi connectivity index (χ0v) is 39.0. The van der Waals surface area contributed by atoms with Gasteiger partial charge >= 0.3 is 0 Å². The van der Waals surface area contributed by atoms with Crippen LogP contribution in [0.15, 0.2) is 231 Å². The first kappa shape index (κ1) is 39.8. The molecule has 0 fully saturated rings. The summed E-state index contributed by atoms with van der Waals surface area (Å²) in [5, 5.41) is 17.1. The molecule has 1 aliphatic heterocycles. The molecule has 1 atom stereocenters. The number of aromatic nitrogens is 5. The van der Waals surface area contributed by atoms with E-state index >= 15 is 0 Å². The molecule has 2 aliphatic rings. The number of nitriles is 1. The lowest BCUT2D eigenvalue weighted by Crippen LogP contribution is -2.32. The maximum atomic E-state index is 10.2. The van der Waals surface area contributed by atoms with Gasteiger partial charge in [-0.2, -0.15) is 5.26 Å². The molecular formula is C66H38N6O. The summed E-state index contributed by atoms with van der Waals surface area (Å²) in [7, 11) is 0. The first-order valence-corrected chi connectivity index (χ1v) is 24.6. The van der Waals surface area contributed by atoms with Crippen LogP contribution in [0.25, 0.3) is 105 Å². The van der Waals surface area contributed by atoms with Crippen molar-refractivity contribution in [3.05, 3.63) is 259 Å². The molecule has 6 heterocycles. The van der Waals surface area contributed by atoms with Crippen LogP contribution in [-0.4, -0.2) is 23.7 Å². The molecule has 0 amide bonds. The van der Waals surface area contributed by atoms with E-state index in [2.05, 4.69) is 214 Å². The van der Waals surface area contributed by atoms with Gasteiger partial charge in [0, 0.05) is 90.1 Å². The predicted octanol–water partition coefficient (Wildman–Crippen LogP) is 15.8. The molecule has 73 heavy (non-hydrogen) atoms. The Morgan fingerprint density at radius 2 is 0.877 bits per heavy atom. The topological polar surface area (TPSA) is 73.6 Å². The molecule has 5 aromatic heterocycles. The van der Waals surface area contributed by atoms with E-state index in [0.29, 0.717) is 5.56 Å². The van der Waals surface area contributed by atoms with Crippen LogP contribution in [0.3, 0.4) is 0 Å². The van der Waals surface area contributed by atoms with Crippen molar-refractivity contribution in [3.8, 4) is 57.1 Å². The van der Waals surface area contributed by atoms with E-state index in [1.165, 1.54) is 32.6 Å². The molecule has 16 rings (SSSR count). The second-order valence-electron chi connectivity index (χ2n) is 19.2. The first-order valence-electron chi connectivity index (χ1n) is 24.6. The van der Waals surface area contributed by atoms with Gasteiger partial charge in [0.05, 0.1) is 61.5 Å². The number of fused-ring (bicyclic) bond motifs is 18. The van der Waals surface area contributed by atoms with Crippen molar-refractivity contribution >= 4 is 65.4 Å². The van der Waals surface area contributed by atoms with Gasteiger partial charge in [0.15, 0.2) is 0 Å². The molecule has 338 valence electrons. The summed E-state index contributed by atoms with van der Waals surface area (Å²) in [6.45, 7) is 0. The molecule has 0 saturated heterocycles. The highest BCUT2D eigenvalue weighted by molar-refractivity contribution is 6.12. The minimum Gasteiger partial charge on any atom is -0.457 e. The van der Waals surface area contributed by atoms with Crippen LogP contribution in [0, 0.1) is 11.3 Å². The van der Waals surface area contributed by atoms with Crippen LogP contribution in [0.4, 0.5) is 0 Å². The predicted molar refractivity (Wildman–Crippen MR) is 293 cm³/mol. The zero-order valence-electron chi connectivity index (χ0n) is 39.0. The van der Waals surface area contributed by atoms with E-state index in [1.807, 2.05) is 36.7 Å². The summed E-state index contributed by atoms with van der Waals surface area (Å²) in [6.07, 6.45) is 3.86. The van der Waals surface area contributed by atoms with Crippen LogP contribution < -0.4 is 4.74 Å². The lowest BCUT2D eigenvalue weighted by atomic mass is 9.66. The monoisotopic (exact) mass is 930 g/mol. The van der Waals surface area contributed by atoms with Crippen molar-refractivity contribution in [1.82, 2.24) is 23.7 Å². The van der Waals surface area contributed by atoms with Crippen LogP contribution >= 0.6 is 0 Å².